The normalized spacial score (nSPS) is 14.3. The molecule has 80 valence electrons. The van der Waals surface area contributed by atoms with Gasteiger partial charge in [0.1, 0.15) is 0 Å². The van der Waals surface area contributed by atoms with Crippen molar-refractivity contribution in [3.8, 4) is 5.75 Å². The van der Waals surface area contributed by atoms with E-state index < -0.39 is 7.12 Å². The third-order valence-electron chi connectivity index (χ3n) is 2.23. The third kappa shape index (κ3) is 1.83. The zero-order valence-electron chi connectivity index (χ0n) is 8.09. The lowest BCUT2D eigenvalue weighted by molar-refractivity contribution is 0.275. The molecule has 1 aromatic carbocycles. The second-order valence-electron chi connectivity index (χ2n) is 3.17. The minimum absolute atomic E-state index is 0.322. The van der Waals surface area contributed by atoms with Gasteiger partial charge in [0, 0.05) is 5.46 Å². The first kappa shape index (κ1) is 11.1. The van der Waals surface area contributed by atoms with Gasteiger partial charge in [-0.3, -0.25) is 0 Å². The van der Waals surface area contributed by atoms with Crippen molar-refractivity contribution < 1.29 is 14.4 Å². The van der Waals surface area contributed by atoms with Crippen LogP contribution in [-0.2, 0) is 11.3 Å². The first-order valence-corrected chi connectivity index (χ1v) is 5.34. The maximum absolute atomic E-state index is 9.54. The van der Waals surface area contributed by atoms with Gasteiger partial charge >= 0.3 is 7.12 Å². The van der Waals surface area contributed by atoms with Crippen molar-refractivity contribution in [1.29, 1.82) is 0 Å². The van der Waals surface area contributed by atoms with Crippen molar-refractivity contribution in [2.45, 2.75) is 13.5 Å². The molecule has 0 bridgehead atoms. The summed E-state index contributed by atoms with van der Waals surface area (Å²) in [6, 6.07) is 1.71. The minimum atomic E-state index is -0.982. The van der Waals surface area contributed by atoms with Crippen molar-refractivity contribution in [3.05, 3.63) is 21.7 Å². The van der Waals surface area contributed by atoms with E-state index in [0.717, 1.165) is 5.56 Å². The maximum atomic E-state index is 9.54. The van der Waals surface area contributed by atoms with Crippen LogP contribution >= 0.6 is 23.2 Å². The molecular formula is C9H9BCl2O3. The Labute approximate surface area is 98.0 Å². The summed E-state index contributed by atoms with van der Waals surface area (Å²) in [4.78, 5) is 0. The molecule has 0 spiro atoms. The molecule has 0 saturated carbocycles. The smallest absolute Gasteiger partial charge is 0.491 e. The Morgan fingerprint density at radius 3 is 3.00 bits per heavy atom. The average Bonchev–Trinajstić information content (AvgIpc) is 2.54. The number of benzene rings is 1. The van der Waals surface area contributed by atoms with E-state index in [0.29, 0.717) is 34.5 Å². The highest BCUT2D eigenvalue weighted by Crippen LogP contribution is 2.34. The first-order valence-electron chi connectivity index (χ1n) is 4.58. The van der Waals surface area contributed by atoms with Crippen LogP contribution in [0.15, 0.2) is 6.07 Å². The van der Waals surface area contributed by atoms with Crippen molar-refractivity contribution in [2.75, 3.05) is 6.61 Å². The van der Waals surface area contributed by atoms with Crippen molar-refractivity contribution in [1.82, 2.24) is 0 Å². The molecule has 3 nitrogen and oxygen atoms in total. The fraction of sp³-hybridized carbons (Fsp3) is 0.333. The molecule has 0 fully saturated rings. The van der Waals surface area contributed by atoms with Crippen LogP contribution in [0, 0.1) is 0 Å². The van der Waals surface area contributed by atoms with E-state index in [-0.39, 0.29) is 0 Å². The van der Waals surface area contributed by atoms with E-state index in [9.17, 15) is 5.02 Å². The van der Waals surface area contributed by atoms with E-state index in [1.54, 1.807) is 6.07 Å². The fourth-order valence-corrected chi connectivity index (χ4v) is 2.28. The molecule has 0 amide bonds. The monoisotopic (exact) mass is 246 g/mol. The van der Waals surface area contributed by atoms with Gasteiger partial charge in [-0.2, -0.15) is 0 Å². The van der Waals surface area contributed by atoms with E-state index in [1.807, 2.05) is 6.92 Å². The molecule has 0 saturated heterocycles. The molecular weight excluding hydrogens is 238 g/mol. The van der Waals surface area contributed by atoms with Gasteiger partial charge in [0.2, 0.25) is 0 Å². The Morgan fingerprint density at radius 2 is 2.33 bits per heavy atom. The molecule has 1 aliphatic rings. The Hall–Kier alpha value is -0.415. The largest absolute Gasteiger partial charge is 0.493 e. The van der Waals surface area contributed by atoms with E-state index in [2.05, 4.69) is 0 Å². The Kier molecular flexibility index (Phi) is 3.12. The van der Waals surface area contributed by atoms with Gasteiger partial charge in [-0.05, 0) is 18.6 Å². The molecule has 0 atom stereocenters. The molecule has 1 aromatic rings. The standard InChI is InChI=1S/C9H9BCl2O3/c1-2-14-9-6(11)3-5-4-15-10(13)7(5)8(9)12/h3,13H,2,4H2,1H3. The van der Waals surface area contributed by atoms with Gasteiger partial charge < -0.3 is 14.4 Å². The van der Waals surface area contributed by atoms with Gasteiger partial charge in [-0.1, -0.05) is 23.2 Å². The summed E-state index contributed by atoms with van der Waals surface area (Å²) in [6.07, 6.45) is 0. The highest BCUT2D eigenvalue weighted by atomic mass is 35.5. The number of halogens is 2. The van der Waals surface area contributed by atoms with Gasteiger partial charge in [0.15, 0.2) is 5.75 Å². The Morgan fingerprint density at radius 1 is 1.60 bits per heavy atom. The van der Waals surface area contributed by atoms with E-state index in [1.165, 1.54) is 0 Å². The topological polar surface area (TPSA) is 38.7 Å². The van der Waals surface area contributed by atoms with Gasteiger partial charge in [-0.25, -0.2) is 0 Å². The molecule has 0 radical (unpaired) electrons. The quantitative estimate of drug-likeness (QED) is 0.806. The summed E-state index contributed by atoms with van der Waals surface area (Å²) in [5.41, 5.74) is 1.37. The molecule has 0 unspecified atom stereocenters. The highest BCUT2D eigenvalue weighted by Gasteiger charge is 2.32. The maximum Gasteiger partial charge on any atom is 0.493 e. The van der Waals surface area contributed by atoms with Gasteiger partial charge in [-0.15, -0.1) is 0 Å². The zero-order chi connectivity index (χ0) is 11.0. The van der Waals surface area contributed by atoms with Crippen molar-refractivity contribution in [2.24, 2.45) is 0 Å². The van der Waals surface area contributed by atoms with Crippen molar-refractivity contribution >= 4 is 35.8 Å². The van der Waals surface area contributed by atoms with Crippen molar-refractivity contribution in [3.63, 3.8) is 0 Å². The van der Waals surface area contributed by atoms with Crippen LogP contribution in [0.5, 0.6) is 5.75 Å². The summed E-state index contributed by atoms with van der Waals surface area (Å²) in [5.74, 6) is 0.407. The van der Waals surface area contributed by atoms with Crippen LogP contribution in [0.25, 0.3) is 0 Å². The van der Waals surface area contributed by atoms with Gasteiger partial charge in [0.25, 0.3) is 0 Å². The minimum Gasteiger partial charge on any atom is -0.491 e. The molecule has 0 aliphatic carbocycles. The number of hydrogen-bond acceptors (Lipinski definition) is 3. The van der Waals surface area contributed by atoms with Crippen LogP contribution in [0.2, 0.25) is 10.0 Å². The van der Waals surface area contributed by atoms with E-state index in [4.69, 9.17) is 32.6 Å². The second kappa shape index (κ2) is 4.22. The van der Waals surface area contributed by atoms with Crippen LogP contribution in [0.4, 0.5) is 0 Å². The molecule has 1 aliphatic heterocycles. The number of fused-ring (bicyclic) bond motifs is 1. The van der Waals surface area contributed by atoms with E-state index >= 15 is 0 Å². The van der Waals surface area contributed by atoms with Crippen LogP contribution < -0.4 is 10.2 Å². The van der Waals surface area contributed by atoms with Crippen LogP contribution in [-0.4, -0.2) is 18.7 Å². The summed E-state index contributed by atoms with van der Waals surface area (Å²) < 4.78 is 10.4. The zero-order valence-corrected chi connectivity index (χ0v) is 9.60. The molecule has 6 heteroatoms. The predicted octanol–water partition coefficient (Wildman–Crippen LogP) is 1.61. The summed E-state index contributed by atoms with van der Waals surface area (Å²) >= 11 is 12.1. The average molecular weight is 247 g/mol. The summed E-state index contributed by atoms with van der Waals surface area (Å²) in [5, 5.41) is 10.3. The molecule has 1 heterocycles. The number of hydrogen-bond donors (Lipinski definition) is 1. The Balaban J connectivity index is 2.55. The fourth-order valence-electron chi connectivity index (χ4n) is 1.58. The number of rotatable bonds is 2. The first-order chi connectivity index (χ1) is 7.15. The van der Waals surface area contributed by atoms with Crippen LogP contribution in [0.1, 0.15) is 12.5 Å². The Bertz CT molecular complexity index is 397. The predicted molar refractivity (Wildman–Crippen MR) is 60.0 cm³/mol. The molecule has 0 aromatic heterocycles. The summed E-state index contributed by atoms with van der Waals surface area (Å²) in [6.45, 7) is 2.63. The third-order valence-corrected chi connectivity index (χ3v) is 2.89. The van der Waals surface area contributed by atoms with Gasteiger partial charge in [0.05, 0.1) is 23.3 Å². The summed E-state index contributed by atoms with van der Waals surface area (Å²) in [7, 11) is -0.982. The lowest BCUT2D eigenvalue weighted by atomic mass is 9.79. The lowest BCUT2D eigenvalue weighted by Gasteiger charge is -2.11. The van der Waals surface area contributed by atoms with Crippen LogP contribution in [0.3, 0.4) is 0 Å². The SMILES string of the molecule is CCOc1c(Cl)cc2c(c1Cl)B(O)OC2. The number of ether oxygens (including phenoxy) is 1. The lowest BCUT2D eigenvalue weighted by Crippen LogP contribution is -2.29. The second-order valence-corrected chi connectivity index (χ2v) is 3.96. The molecule has 2 rings (SSSR count). The molecule has 1 N–H and O–H groups in total. The molecule has 15 heavy (non-hydrogen) atoms. The highest BCUT2D eigenvalue weighted by molar-refractivity contribution is 6.66.